The third-order valence-corrected chi connectivity index (χ3v) is 3.00. The lowest BCUT2D eigenvalue weighted by Gasteiger charge is -2.09. The van der Waals surface area contributed by atoms with Crippen molar-refractivity contribution >= 4 is 15.9 Å². The van der Waals surface area contributed by atoms with Crippen LogP contribution in [0.15, 0.2) is 28.9 Å². The van der Waals surface area contributed by atoms with Crippen molar-refractivity contribution in [3.8, 4) is 11.3 Å². The number of aromatic nitrogens is 2. The zero-order valence-corrected chi connectivity index (χ0v) is 11.3. The Hall–Kier alpha value is -1.34. The number of hydrogen-bond acceptors (Lipinski definition) is 2. The van der Waals surface area contributed by atoms with Crippen molar-refractivity contribution < 1.29 is 13.2 Å². The van der Waals surface area contributed by atoms with Crippen molar-refractivity contribution in [1.29, 1.82) is 0 Å². The molecule has 3 nitrogen and oxygen atoms in total. The van der Waals surface area contributed by atoms with Gasteiger partial charge >= 0.3 is 6.18 Å². The summed E-state index contributed by atoms with van der Waals surface area (Å²) in [4.78, 5) is 7.03. The first-order valence-electron chi connectivity index (χ1n) is 5.52. The highest BCUT2D eigenvalue weighted by atomic mass is 79.9. The molecule has 0 fully saturated rings. The Bertz CT molecular complexity index is 578. The maximum Gasteiger partial charge on any atom is 0.416 e. The van der Waals surface area contributed by atoms with Crippen LogP contribution in [0.2, 0.25) is 0 Å². The average molecular weight is 334 g/mol. The molecule has 102 valence electrons. The van der Waals surface area contributed by atoms with Gasteiger partial charge in [0.15, 0.2) is 0 Å². The summed E-state index contributed by atoms with van der Waals surface area (Å²) >= 11 is 3.09. The van der Waals surface area contributed by atoms with Crippen molar-refractivity contribution in [3.63, 3.8) is 0 Å². The van der Waals surface area contributed by atoms with Gasteiger partial charge in [-0.2, -0.15) is 13.2 Å². The van der Waals surface area contributed by atoms with Crippen LogP contribution in [0, 0.1) is 0 Å². The molecular formula is C12H11BrF3N3. The van der Waals surface area contributed by atoms with Gasteiger partial charge in [-0.25, -0.2) is 4.98 Å². The second-order valence-corrected chi connectivity index (χ2v) is 4.92. The van der Waals surface area contributed by atoms with Crippen LogP contribution in [0.25, 0.3) is 11.3 Å². The van der Waals surface area contributed by atoms with E-state index in [1.165, 1.54) is 6.20 Å². The summed E-state index contributed by atoms with van der Waals surface area (Å²) in [5.41, 5.74) is 5.66. The highest BCUT2D eigenvalue weighted by molar-refractivity contribution is 9.10. The molecule has 0 bridgehead atoms. The number of nitrogens with two attached hydrogens (primary N) is 1. The van der Waals surface area contributed by atoms with E-state index in [4.69, 9.17) is 5.73 Å². The molecule has 0 amide bonds. The van der Waals surface area contributed by atoms with E-state index in [1.807, 2.05) is 0 Å². The topological polar surface area (TPSA) is 54.7 Å². The van der Waals surface area contributed by atoms with Crippen molar-refractivity contribution in [2.24, 2.45) is 5.73 Å². The Morgan fingerprint density at radius 1 is 1.26 bits per heavy atom. The van der Waals surface area contributed by atoms with Gasteiger partial charge in [0, 0.05) is 16.5 Å². The number of imidazole rings is 1. The van der Waals surface area contributed by atoms with Gasteiger partial charge in [0.05, 0.1) is 17.5 Å². The van der Waals surface area contributed by atoms with E-state index in [9.17, 15) is 13.2 Å². The molecule has 0 aliphatic rings. The molecule has 3 N–H and O–H groups in total. The number of nitrogens with one attached hydrogen (secondary N) is 1. The Kier molecular flexibility index (Phi) is 3.96. The lowest BCUT2D eigenvalue weighted by Crippen LogP contribution is -2.05. The van der Waals surface area contributed by atoms with Gasteiger partial charge in [-0.1, -0.05) is 15.9 Å². The van der Waals surface area contributed by atoms with Crippen LogP contribution in [0.1, 0.15) is 11.4 Å². The van der Waals surface area contributed by atoms with Crippen LogP contribution in [0.5, 0.6) is 0 Å². The molecule has 0 unspecified atom stereocenters. The molecule has 1 aromatic heterocycles. The minimum atomic E-state index is -4.38. The second-order valence-electron chi connectivity index (χ2n) is 4.01. The Morgan fingerprint density at radius 3 is 2.63 bits per heavy atom. The number of rotatable bonds is 3. The molecule has 2 aromatic rings. The van der Waals surface area contributed by atoms with E-state index in [0.29, 0.717) is 34.5 Å². The summed E-state index contributed by atoms with van der Waals surface area (Å²) in [6.45, 7) is 0.430. The summed E-state index contributed by atoms with van der Waals surface area (Å²) in [5, 5.41) is 0. The van der Waals surface area contributed by atoms with Crippen LogP contribution in [-0.2, 0) is 12.6 Å². The lowest BCUT2D eigenvalue weighted by molar-refractivity contribution is -0.137. The number of hydrogen-bond donors (Lipinski definition) is 2. The van der Waals surface area contributed by atoms with E-state index < -0.39 is 11.7 Å². The minimum absolute atomic E-state index is 0.368. The highest BCUT2D eigenvalue weighted by Gasteiger charge is 2.31. The molecular weight excluding hydrogens is 323 g/mol. The zero-order valence-electron chi connectivity index (χ0n) is 9.76. The van der Waals surface area contributed by atoms with E-state index in [-0.39, 0.29) is 0 Å². The van der Waals surface area contributed by atoms with Crippen molar-refractivity contribution in [3.05, 3.63) is 40.3 Å². The molecule has 7 heteroatoms. The summed E-state index contributed by atoms with van der Waals surface area (Å²) in [6.07, 6.45) is -2.31. The Balaban J connectivity index is 2.41. The first-order valence-corrected chi connectivity index (χ1v) is 6.31. The molecule has 0 aliphatic carbocycles. The molecule has 2 rings (SSSR count). The van der Waals surface area contributed by atoms with E-state index in [0.717, 1.165) is 12.1 Å². The molecule has 1 aromatic carbocycles. The number of aromatic amines is 1. The largest absolute Gasteiger partial charge is 0.416 e. The van der Waals surface area contributed by atoms with Crippen LogP contribution < -0.4 is 5.73 Å². The smallest absolute Gasteiger partial charge is 0.342 e. The minimum Gasteiger partial charge on any atom is -0.342 e. The molecule has 19 heavy (non-hydrogen) atoms. The molecule has 1 heterocycles. The van der Waals surface area contributed by atoms with E-state index in [2.05, 4.69) is 25.9 Å². The predicted octanol–water partition coefficient (Wildman–Crippen LogP) is 3.36. The van der Waals surface area contributed by atoms with E-state index in [1.54, 1.807) is 6.07 Å². The van der Waals surface area contributed by atoms with Crippen molar-refractivity contribution in [2.75, 3.05) is 6.54 Å². The van der Waals surface area contributed by atoms with Crippen molar-refractivity contribution in [2.45, 2.75) is 12.6 Å². The van der Waals surface area contributed by atoms with Gasteiger partial charge in [0.25, 0.3) is 0 Å². The van der Waals surface area contributed by atoms with Crippen LogP contribution >= 0.6 is 15.9 Å². The van der Waals surface area contributed by atoms with Gasteiger partial charge in [0.2, 0.25) is 0 Å². The molecule has 0 saturated carbocycles. The summed E-state index contributed by atoms with van der Waals surface area (Å²) in [7, 11) is 0. The molecule has 0 radical (unpaired) electrons. The Labute approximate surface area is 116 Å². The zero-order chi connectivity index (χ0) is 14.0. The summed E-state index contributed by atoms with van der Waals surface area (Å²) in [6, 6.07) is 3.74. The van der Waals surface area contributed by atoms with Gasteiger partial charge in [-0.3, -0.25) is 0 Å². The lowest BCUT2D eigenvalue weighted by atomic mass is 10.1. The molecule has 0 spiro atoms. The summed E-state index contributed by atoms with van der Waals surface area (Å²) in [5.74, 6) is 0.658. The first kappa shape index (κ1) is 14.1. The first-order chi connectivity index (χ1) is 8.90. The SMILES string of the molecule is NCCc1ncc(-c2cc(Br)cc(C(F)(F)F)c2)[nH]1. The van der Waals surface area contributed by atoms with Crippen molar-refractivity contribution in [1.82, 2.24) is 9.97 Å². The number of benzene rings is 1. The number of nitrogens with zero attached hydrogens (tertiary/aromatic N) is 1. The third kappa shape index (κ3) is 3.36. The second kappa shape index (κ2) is 5.34. The van der Waals surface area contributed by atoms with Crippen LogP contribution in [0.4, 0.5) is 13.2 Å². The fourth-order valence-corrected chi connectivity index (χ4v) is 2.17. The van der Waals surface area contributed by atoms with Crippen LogP contribution in [0.3, 0.4) is 0 Å². The number of alkyl halides is 3. The molecule has 0 saturated heterocycles. The third-order valence-electron chi connectivity index (χ3n) is 2.55. The van der Waals surface area contributed by atoms with Crippen LogP contribution in [-0.4, -0.2) is 16.5 Å². The maximum absolute atomic E-state index is 12.7. The highest BCUT2D eigenvalue weighted by Crippen LogP contribution is 2.34. The Morgan fingerprint density at radius 2 is 2.00 bits per heavy atom. The molecule has 0 atom stereocenters. The van der Waals surface area contributed by atoms with Gasteiger partial charge < -0.3 is 10.7 Å². The fraction of sp³-hybridized carbons (Fsp3) is 0.250. The molecule has 0 aliphatic heterocycles. The monoisotopic (exact) mass is 333 g/mol. The standard InChI is InChI=1S/C12H11BrF3N3/c13-9-4-7(3-8(5-9)12(14,15)16)10-6-18-11(19-10)1-2-17/h3-6H,1-2,17H2,(H,18,19). The summed E-state index contributed by atoms with van der Waals surface area (Å²) < 4.78 is 38.5. The average Bonchev–Trinajstić information content (AvgIpc) is 2.76. The number of halogens is 4. The van der Waals surface area contributed by atoms with Gasteiger partial charge in [-0.05, 0) is 24.7 Å². The quantitative estimate of drug-likeness (QED) is 0.904. The van der Waals surface area contributed by atoms with Gasteiger partial charge in [0.1, 0.15) is 5.82 Å². The predicted molar refractivity (Wildman–Crippen MR) is 69.5 cm³/mol. The van der Waals surface area contributed by atoms with E-state index >= 15 is 0 Å². The number of H-pyrrole nitrogens is 1. The van der Waals surface area contributed by atoms with Gasteiger partial charge in [-0.15, -0.1) is 0 Å². The normalized spacial score (nSPS) is 11.8. The fourth-order valence-electron chi connectivity index (χ4n) is 1.68. The maximum atomic E-state index is 12.7.